The number of rotatable bonds is 1. The van der Waals surface area contributed by atoms with Crippen molar-refractivity contribution in [2.45, 2.75) is 0 Å². The summed E-state index contributed by atoms with van der Waals surface area (Å²) in [5.41, 5.74) is 4.44. The highest BCUT2D eigenvalue weighted by Crippen LogP contribution is 2.18. The Hall–Kier alpha value is -2.70. The third-order valence-corrected chi connectivity index (χ3v) is 4.17. The summed E-state index contributed by atoms with van der Waals surface area (Å²) in [5.74, 6) is 6.52. The van der Waals surface area contributed by atoms with Crippen LogP contribution < -0.4 is 4.90 Å². The third-order valence-electron chi connectivity index (χ3n) is 4.17. The smallest absolute Gasteiger partial charge is 0.0642 e. The van der Waals surface area contributed by atoms with Gasteiger partial charge in [0.1, 0.15) is 0 Å². The average molecular weight is 302 g/mol. The van der Waals surface area contributed by atoms with Crippen molar-refractivity contribution in [3.63, 3.8) is 0 Å². The van der Waals surface area contributed by atoms with Crippen molar-refractivity contribution in [1.29, 1.82) is 0 Å². The number of ether oxygens (including phenoxy) is 1. The molecule has 114 valence electrons. The first-order valence-corrected chi connectivity index (χ1v) is 7.91. The third kappa shape index (κ3) is 2.94. The second-order valence-corrected chi connectivity index (χ2v) is 5.64. The molecule has 4 rings (SSSR count). The van der Waals surface area contributed by atoms with E-state index in [2.05, 4.69) is 58.1 Å². The Kier molecular flexibility index (Phi) is 3.75. The molecular weight excluding hydrogens is 284 g/mol. The Morgan fingerprint density at radius 2 is 1.70 bits per heavy atom. The molecule has 2 aromatic carbocycles. The predicted octanol–water partition coefficient (Wildman–Crippen LogP) is 3.40. The normalized spacial score (nSPS) is 14.5. The quantitative estimate of drug-likeness (QED) is 0.698. The number of hydrogen-bond donors (Lipinski definition) is 1. The molecule has 0 unspecified atom stereocenters. The number of aromatic nitrogens is 1. The van der Waals surface area contributed by atoms with Gasteiger partial charge in [0.2, 0.25) is 0 Å². The van der Waals surface area contributed by atoms with Crippen molar-refractivity contribution in [3.05, 3.63) is 65.9 Å². The summed E-state index contributed by atoms with van der Waals surface area (Å²) in [6, 6.07) is 16.7. The molecule has 1 aliphatic heterocycles. The summed E-state index contributed by atoms with van der Waals surface area (Å²) in [6.07, 6.45) is 1.97. The number of nitrogens with zero attached hydrogens (tertiary/aromatic N) is 1. The van der Waals surface area contributed by atoms with Crippen molar-refractivity contribution in [2.75, 3.05) is 31.2 Å². The maximum atomic E-state index is 5.39. The van der Waals surface area contributed by atoms with Crippen LogP contribution in [-0.2, 0) is 4.74 Å². The minimum Gasteiger partial charge on any atom is -0.378 e. The van der Waals surface area contributed by atoms with Crippen LogP contribution >= 0.6 is 0 Å². The van der Waals surface area contributed by atoms with Crippen molar-refractivity contribution >= 4 is 16.6 Å². The van der Waals surface area contributed by atoms with Crippen LogP contribution in [-0.4, -0.2) is 31.3 Å². The van der Waals surface area contributed by atoms with Crippen molar-refractivity contribution in [1.82, 2.24) is 4.98 Å². The van der Waals surface area contributed by atoms with Crippen LogP contribution in [0.2, 0.25) is 0 Å². The van der Waals surface area contributed by atoms with E-state index in [0.29, 0.717) is 0 Å². The van der Waals surface area contributed by atoms with Gasteiger partial charge in [0.25, 0.3) is 0 Å². The molecule has 1 aliphatic rings. The molecule has 0 saturated carbocycles. The van der Waals surface area contributed by atoms with Crippen molar-refractivity contribution in [3.8, 4) is 11.8 Å². The van der Waals surface area contributed by atoms with E-state index in [0.717, 1.165) is 42.9 Å². The van der Waals surface area contributed by atoms with E-state index >= 15 is 0 Å². The van der Waals surface area contributed by atoms with Gasteiger partial charge in [-0.1, -0.05) is 30.0 Å². The molecule has 1 saturated heterocycles. The van der Waals surface area contributed by atoms with Crippen LogP contribution in [0.15, 0.2) is 54.7 Å². The Labute approximate surface area is 135 Å². The molecule has 0 atom stereocenters. The number of hydrogen-bond acceptors (Lipinski definition) is 2. The Morgan fingerprint density at radius 3 is 2.52 bits per heavy atom. The first-order valence-electron chi connectivity index (χ1n) is 7.91. The molecule has 0 radical (unpaired) electrons. The zero-order valence-electron chi connectivity index (χ0n) is 12.9. The number of nitrogens with one attached hydrogen (secondary N) is 1. The summed E-state index contributed by atoms with van der Waals surface area (Å²) in [7, 11) is 0. The molecule has 3 heteroatoms. The molecule has 0 bridgehead atoms. The van der Waals surface area contributed by atoms with E-state index in [9.17, 15) is 0 Å². The van der Waals surface area contributed by atoms with Gasteiger partial charge < -0.3 is 14.6 Å². The van der Waals surface area contributed by atoms with Crippen molar-refractivity contribution < 1.29 is 4.74 Å². The van der Waals surface area contributed by atoms with Crippen molar-refractivity contribution in [2.24, 2.45) is 0 Å². The van der Waals surface area contributed by atoms with Gasteiger partial charge in [-0.3, -0.25) is 0 Å². The Balaban J connectivity index is 1.55. The molecule has 1 fully saturated rings. The summed E-state index contributed by atoms with van der Waals surface area (Å²) < 4.78 is 5.39. The van der Waals surface area contributed by atoms with E-state index in [1.807, 2.05) is 18.3 Å². The monoisotopic (exact) mass is 302 g/mol. The first kappa shape index (κ1) is 13.9. The lowest BCUT2D eigenvalue weighted by Gasteiger charge is -2.28. The van der Waals surface area contributed by atoms with Gasteiger partial charge in [-0.25, -0.2) is 0 Å². The highest BCUT2D eigenvalue weighted by Gasteiger charge is 2.10. The molecule has 23 heavy (non-hydrogen) atoms. The van der Waals surface area contributed by atoms with Gasteiger partial charge >= 0.3 is 0 Å². The standard InChI is InChI=1S/C20H18N2O/c1-2-4-20-19(3-1)17(15-21-20)8-5-16-6-9-18(10-7-16)22-11-13-23-14-12-22/h1-4,6-7,9-10,15,21H,11-14H2. The fourth-order valence-corrected chi connectivity index (χ4v) is 2.89. The molecule has 1 aromatic heterocycles. The van der Waals surface area contributed by atoms with E-state index in [1.54, 1.807) is 0 Å². The number of benzene rings is 2. The van der Waals surface area contributed by atoms with Gasteiger partial charge in [-0.2, -0.15) is 0 Å². The molecule has 0 amide bonds. The van der Waals surface area contributed by atoms with Crippen LogP contribution in [0.25, 0.3) is 10.9 Å². The maximum Gasteiger partial charge on any atom is 0.0642 e. The highest BCUT2D eigenvalue weighted by atomic mass is 16.5. The minimum atomic E-state index is 0.808. The lowest BCUT2D eigenvalue weighted by molar-refractivity contribution is 0.122. The predicted molar refractivity (Wildman–Crippen MR) is 93.8 cm³/mol. The molecule has 0 aliphatic carbocycles. The minimum absolute atomic E-state index is 0.808. The Morgan fingerprint density at radius 1 is 0.913 bits per heavy atom. The van der Waals surface area contributed by atoms with Gasteiger partial charge in [0.15, 0.2) is 0 Å². The lowest BCUT2D eigenvalue weighted by Crippen LogP contribution is -2.36. The molecular formula is C20H18N2O. The number of fused-ring (bicyclic) bond motifs is 1. The SMILES string of the molecule is C(#Cc1c[nH]c2ccccc12)c1ccc(N2CCOCC2)cc1. The summed E-state index contributed by atoms with van der Waals surface area (Å²) in [6.45, 7) is 3.53. The molecule has 0 spiro atoms. The number of aromatic amines is 1. The number of morpholine rings is 1. The second-order valence-electron chi connectivity index (χ2n) is 5.64. The van der Waals surface area contributed by atoms with Gasteiger partial charge in [-0.15, -0.1) is 0 Å². The van der Waals surface area contributed by atoms with Gasteiger partial charge in [0, 0.05) is 41.4 Å². The zero-order chi connectivity index (χ0) is 15.5. The van der Waals surface area contributed by atoms with Crippen LogP contribution in [0.4, 0.5) is 5.69 Å². The second kappa shape index (κ2) is 6.20. The van der Waals surface area contributed by atoms with Crippen LogP contribution in [0.1, 0.15) is 11.1 Å². The van der Waals surface area contributed by atoms with Gasteiger partial charge in [0.05, 0.1) is 18.8 Å². The fraction of sp³-hybridized carbons (Fsp3) is 0.200. The molecule has 2 heterocycles. The van der Waals surface area contributed by atoms with Crippen LogP contribution in [0, 0.1) is 11.8 Å². The van der Waals surface area contributed by atoms with Gasteiger partial charge in [-0.05, 0) is 30.3 Å². The highest BCUT2D eigenvalue weighted by molar-refractivity contribution is 5.86. The Bertz CT molecular complexity index is 862. The first-order chi connectivity index (χ1) is 11.4. The molecule has 3 nitrogen and oxygen atoms in total. The average Bonchev–Trinajstić information content (AvgIpc) is 3.04. The zero-order valence-corrected chi connectivity index (χ0v) is 12.9. The number of anilines is 1. The van der Waals surface area contributed by atoms with E-state index < -0.39 is 0 Å². The lowest BCUT2D eigenvalue weighted by atomic mass is 10.1. The molecule has 3 aromatic rings. The topological polar surface area (TPSA) is 28.3 Å². The molecule has 1 N–H and O–H groups in total. The van der Waals surface area contributed by atoms with E-state index in [1.165, 1.54) is 11.1 Å². The van der Waals surface area contributed by atoms with Crippen LogP contribution in [0.3, 0.4) is 0 Å². The summed E-state index contributed by atoms with van der Waals surface area (Å²) >= 11 is 0. The van der Waals surface area contributed by atoms with Crippen LogP contribution in [0.5, 0.6) is 0 Å². The summed E-state index contributed by atoms with van der Waals surface area (Å²) in [5, 5.41) is 1.17. The largest absolute Gasteiger partial charge is 0.378 e. The fourth-order valence-electron chi connectivity index (χ4n) is 2.89. The number of H-pyrrole nitrogens is 1. The van der Waals surface area contributed by atoms with E-state index in [4.69, 9.17) is 4.74 Å². The summed E-state index contributed by atoms with van der Waals surface area (Å²) in [4.78, 5) is 5.60. The number of para-hydroxylation sites is 1. The maximum absolute atomic E-state index is 5.39. The van der Waals surface area contributed by atoms with E-state index in [-0.39, 0.29) is 0 Å².